The predicted octanol–water partition coefficient (Wildman–Crippen LogP) is 2.04. The minimum absolute atomic E-state index is 0.203. The molecule has 1 fully saturated rings. The van der Waals surface area contributed by atoms with Crippen molar-refractivity contribution in [3.8, 4) is 5.69 Å². The van der Waals surface area contributed by atoms with E-state index in [0.717, 1.165) is 37.2 Å². The molecule has 1 N–H and O–H groups in total. The minimum atomic E-state index is 0.203. The lowest BCUT2D eigenvalue weighted by atomic mass is 9.97. The Morgan fingerprint density at radius 2 is 1.96 bits per heavy atom. The van der Waals surface area contributed by atoms with E-state index in [-0.39, 0.29) is 12.5 Å². The van der Waals surface area contributed by atoms with Gasteiger partial charge >= 0.3 is 0 Å². The summed E-state index contributed by atoms with van der Waals surface area (Å²) in [5.41, 5.74) is 2.10. The fraction of sp³-hybridized carbons (Fsp3) is 0.444. The third kappa shape index (κ3) is 3.99. The maximum absolute atomic E-state index is 12.3. The maximum atomic E-state index is 12.3. The molecule has 3 rings (SSSR count). The summed E-state index contributed by atoms with van der Waals surface area (Å²) < 4.78 is 1.84. The zero-order chi connectivity index (χ0) is 16.1. The molecule has 1 aliphatic heterocycles. The Hall–Kier alpha value is -2.14. The van der Waals surface area contributed by atoms with Crippen LogP contribution in [0.2, 0.25) is 0 Å². The summed E-state index contributed by atoms with van der Waals surface area (Å²) in [7, 11) is 0. The normalized spacial score (nSPS) is 15.8. The first-order valence-corrected chi connectivity index (χ1v) is 8.24. The van der Waals surface area contributed by atoms with Gasteiger partial charge in [0.25, 0.3) is 0 Å². The highest BCUT2D eigenvalue weighted by molar-refractivity contribution is 5.76. The quantitative estimate of drug-likeness (QED) is 0.919. The number of amides is 1. The van der Waals surface area contributed by atoms with E-state index in [1.807, 2.05) is 52.3 Å². The Balaban J connectivity index is 1.51. The molecule has 0 spiro atoms. The Labute approximate surface area is 136 Å². The van der Waals surface area contributed by atoms with Gasteiger partial charge in [0, 0.05) is 32.3 Å². The number of piperidine rings is 1. The Morgan fingerprint density at radius 1 is 1.22 bits per heavy atom. The highest BCUT2D eigenvalue weighted by Crippen LogP contribution is 2.17. The van der Waals surface area contributed by atoms with Crippen molar-refractivity contribution >= 4 is 5.91 Å². The summed E-state index contributed by atoms with van der Waals surface area (Å²) in [6, 6.07) is 9.96. The Bertz CT molecular complexity index is 631. The van der Waals surface area contributed by atoms with Crippen LogP contribution in [-0.2, 0) is 11.2 Å². The number of hydrogen-bond acceptors (Lipinski definition) is 3. The van der Waals surface area contributed by atoms with Gasteiger partial charge in [-0.15, -0.1) is 0 Å². The average Bonchev–Trinajstić information content (AvgIpc) is 3.09. The number of aromatic nitrogens is 2. The van der Waals surface area contributed by atoms with Crippen molar-refractivity contribution in [3.63, 3.8) is 0 Å². The van der Waals surface area contributed by atoms with E-state index in [1.165, 1.54) is 0 Å². The van der Waals surface area contributed by atoms with Crippen molar-refractivity contribution in [2.75, 3.05) is 19.7 Å². The van der Waals surface area contributed by atoms with Crippen LogP contribution in [0.25, 0.3) is 5.69 Å². The molecule has 2 aromatic rings. The molecule has 1 saturated heterocycles. The van der Waals surface area contributed by atoms with Crippen LogP contribution in [0, 0.1) is 5.92 Å². The zero-order valence-corrected chi connectivity index (χ0v) is 13.3. The summed E-state index contributed by atoms with van der Waals surface area (Å²) in [4.78, 5) is 14.2. The second kappa shape index (κ2) is 7.42. The van der Waals surface area contributed by atoms with Gasteiger partial charge in [0.15, 0.2) is 0 Å². The molecule has 122 valence electrons. The van der Waals surface area contributed by atoms with Gasteiger partial charge in [-0.05, 0) is 42.9 Å². The zero-order valence-electron chi connectivity index (χ0n) is 13.3. The molecule has 0 unspecified atom stereocenters. The number of likely N-dealkylation sites (tertiary alicyclic amines) is 1. The van der Waals surface area contributed by atoms with Crippen LogP contribution in [0.3, 0.4) is 0 Å². The molecule has 5 nitrogen and oxygen atoms in total. The van der Waals surface area contributed by atoms with Gasteiger partial charge in [-0.2, -0.15) is 5.10 Å². The number of aliphatic hydroxyl groups is 1. The fourth-order valence-corrected chi connectivity index (χ4v) is 2.99. The highest BCUT2D eigenvalue weighted by Gasteiger charge is 2.21. The number of aryl methyl sites for hydroxylation is 1. The molecule has 0 saturated carbocycles. The third-order valence-corrected chi connectivity index (χ3v) is 4.51. The lowest BCUT2D eigenvalue weighted by Gasteiger charge is -2.31. The number of benzene rings is 1. The van der Waals surface area contributed by atoms with Gasteiger partial charge in [0.1, 0.15) is 0 Å². The number of carbonyl (C=O) groups is 1. The van der Waals surface area contributed by atoms with Gasteiger partial charge in [-0.1, -0.05) is 18.2 Å². The molecule has 1 aromatic carbocycles. The Morgan fingerprint density at radius 3 is 2.65 bits per heavy atom. The Kier molecular flexibility index (Phi) is 5.08. The molecule has 23 heavy (non-hydrogen) atoms. The molecule has 1 amide bonds. The van der Waals surface area contributed by atoms with Gasteiger partial charge in [0.2, 0.25) is 5.91 Å². The molecule has 5 heteroatoms. The number of para-hydroxylation sites is 1. The topological polar surface area (TPSA) is 58.4 Å². The van der Waals surface area contributed by atoms with Crippen molar-refractivity contribution in [1.29, 1.82) is 0 Å². The molecular weight excluding hydrogens is 290 g/mol. The van der Waals surface area contributed by atoms with E-state index in [2.05, 4.69) is 5.10 Å². The second-order valence-corrected chi connectivity index (χ2v) is 6.14. The lowest BCUT2D eigenvalue weighted by Crippen LogP contribution is -2.39. The standard InChI is InChI=1S/C18H23N3O2/c22-14-15-8-10-20(11-9-15)18(23)7-6-16-12-19-21(13-16)17-4-2-1-3-5-17/h1-5,12-13,15,22H,6-11,14H2. The van der Waals surface area contributed by atoms with Crippen molar-refractivity contribution in [2.24, 2.45) is 5.92 Å². The van der Waals surface area contributed by atoms with Gasteiger partial charge in [0.05, 0.1) is 11.9 Å². The first kappa shape index (κ1) is 15.7. The second-order valence-electron chi connectivity index (χ2n) is 6.14. The first-order chi connectivity index (χ1) is 11.3. The van der Waals surface area contributed by atoms with E-state index in [0.29, 0.717) is 18.8 Å². The fourth-order valence-electron chi connectivity index (χ4n) is 2.99. The van der Waals surface area contributed by atoms with Crippen LogP contribution >= 0.6 is 0 Å². The molecule has 0 atom stereocenters. The van der Waals surface area contributed by atoms with E-state index in [9.17, 15) is 4.79 Å². The number of aliphatic hydroxyl groups excluding tert-OH is 1. The summed E-state index contributed by atoms with van der Waals surface area (Å²) in [5, 5.41) is 13.5. The summed E-state index contributed by atoms with van der Waals surface area (Å²) in [6.45, 7) is 1.78. The monoisotopic (exact) mass is 313 g/mol. The molecule has 1 aromatic heterocycles. The maximum Gasteiger partial charge on any atom is 0.222 e. The third-order valence-electron chi connectivity index (χ3n) is 4.51. The van der Waals surface area contributed by atoms with Crippen LogP contribution in [0.15, 0.2) is 42.7 Å². The van der Waals surface area contributed by atoms with Crippen LogP contribution in [0.4, 0.5) is 0 Å². The van der Waals surface area contributed by atoms with Crippen LogP contribution in [-0.4, -0.2) is 45.4 Å². The molecule has 1 aliphatic rings. The summed E-state index contributed by atoms with van der Waals surface area (Å²) in [5.74, 6) is 0.567. The van der Waals surface area contributed by atoms with E-state index in [4.69, 9.17) is 5.11 Å². The highest BCUT2D eigenvalue weighted by atomic mass is 16.3. The van der Waals surface area contributed by atoms with Gasteiger partial charge < -0.3 is 10.0 Å². The van der Waals surface area contributed by atoms with Gasteiger partial charge in [-0.3, -0.25) is 4.79 Å². The van der Waals surface area contributed by atoms with Gasteiger partial charge in [-0.25, -0.2) is 4.68 Å². The minimum Gasteiger partial charge on any atom is -0.396 e. The smallest absolute Gasteiger partial charge is 0.222 e. The van der Waals surface area contributed by atoms with Crippen molar-refractivity contribution in [3.05, 3.63) is 48.3 Å². The van der Waals surface area contributed by atoms with Crippen LogP contribution in [0.1, 0.15) is 24.8 Å². The SMILES string of the molecule is O=C(CCc1cnn(-c2ccccc2)c1)N1CCC(CO)CC1. The molecule has 2 heterocycles. The average molecular weight is 313 g/mol. The first-order valence-electron chi connectivity index (χ1n) is 8.24. The predicted molar refractivity (Wildman–Crippen MR) is 88.3 cm³/mol. The van der Waals surface area contributed by atoms with Crippen molar-refractivity contribution in [1.82, 2.24) is 14.7 Å². The number of nitrogens with zero attached hydrogens (tertiary/aromatic N) is 3. The molecule has 0 aliphatic carbocycles. The van der Waals surface area contributed by atoms with E-state index < -0.39 is 0 Å². The van der Waals surface area contributed by atoms with Crippen molar-refractivity contribution < 1.29 is 9.90 Å². The summed E-state index contributed by atoms with van der Waals surface area (Å²) >= 11 is 0. The number of hydrogen-bond donors (Lipinski definition) is 1. The lowest BCUT2D eigenvalue weighted by molar-refractivity contribution is -0.132. The molecule has 0 radical (unpaired) electrons. The van der Waals surface area contributed by atoms with Crippen molar-refractivity contribution in [2.45, 2.75) is 25.7 Å². The molecular formula is C18H23N3O2. The number of carbonyl (C=O) groups excluding carboxylic acids is 1. The van der Waals surface area contributed by atoms with Crippen LogP contribution in [0.5, 0.6) is 0 Å². The largest absolute Gasteiger partial charge is 0.396 e. The van der Waals surface area contributed by atoms with E-state index in [1.54, 1.807) is 0 Å². The summed E-state index contributed by atoms with van der Waals surface area (Å²) in [6.07, 6.45) is 6.87. The molecule has 0 bridgehead atoms. The number of rotatable bonds is 5. The van der Waals surface area contributed by atoms with Crippen LogP contribution < -0.4 is 0 Å². The van der Waals surface area contributed by atoms with E-state index >= 15 is 0 Å².